The average molecular weight is 412 g/mol. The largest absolute Gasteiger partial charge is 0.508 e. The average Bonchev–Trinajstić information content (AvgIpc) is 2.67. The van der Waals surface area contributed by atoms with Gasteiger partial charge in [-0.25, -0.2) is 4.79 Å². The van der Waals surface area contributed by atoms with E-state index in [0.717, 1.165) is 60.9 Å². The fourth-order valence-corrected chi connectivity index (χ4v) is 3.94. The monoisotopic (exact) mass is 411 g/mol. The second kappa shape index (κ2) is 11.7. The van der Waals surface area contributed by atoms with Crippen LogP contribution >= 0.6 is 0 Å². The minimum atomic E-state index is -0.287. The van der Waals surface area contributed by atoms with Crippen molar-refractivity contribution in [2.75, 3.05) is 7.05 Å². The third-order valence-corrected chi connectivity index (χ3v) is 5.97. The molecular weight excluding hydrogens is 374 g/mol. The number of aliphatic imine (C=N–C) groups is 1. The molecule has 30 heavy (non-hydrogen) atoms. The van der Waals surface area contributed by atoms with Crippen LogP contribution in [-0.4, -0.2) is 29.9 Å². The van der Waals surface area contributed by atoms with Crippen LogP contribution in [0.3, 0.4) is 0 Å². The number of hydrogen-bond donors (Lipinski definition) is 1. The molecule has 0 heterocycles. The van der Waals surface area contributed by atoms with E-state index in [2.05, 4.69) is 31.5 Å². The molecule has 1 fully saturated rings. The molecule has 4 heteroatoms. The first kappa shape index (κ1) is 23.9. The van der Waals surface area contributed by atoms with Gasteiger partial charge in [0.15, 0.2) is 0 Å². The Kier molecular flexibility index (Phi) is 9.35. The van der Waals surface area contributed by atoms with E-state index in [-0.39, 0.29) is 17.8 Å². The van der Waals surface area contributed by atoms with Crippen molar-refractivity contribution in [2.45, 2.75) is 84.2 Å². The smallest absolute Gasteiger partial charge is 0.339 e. The topological polar surface area (TPSA) is 58.9 Å². The Morgan fingerprint density at radius 2 is 2.13 bits per heavy atom. The Balaban J connectivity index is 2.53. The zero-order chi connectivity index (χ0) is 22.1. The number of carbonyl (C=O) groups excluding carboxylic acids is 1. The first-order chi connectivity index (χ1) is 14.5. The molecule has 1 aliphatic carbocycles. The van der Waals surface area contributed by atoms with Crippen molar-refractivity contribution in [3.63, 3.8) is 0 Å². The lowest BCUT2D eigenvalue weighted by molar-refractivity contribution is 0.0284. The first-order valence-electron chi connectivity index (χ1n) is 11.3. The predicted octanol–water partition coefficient (Wildman–Crippen LogP) is 6.45. The van der Waals surface area contributed by atoms with E-state index in [0.29, 0.717) is 24.3 Å². The molecule has 0 aromatic heterocycles. The molecule has 0 amide bonds. The molecule has 1 saturated carbocycles. The van der Waals surface area contributed by atoms with Crippen molar-refractivity contribution in [2.24, 2.45) is 4.99 Å². The summed E-state index contributed by atoms with van der Waals surface area (Å²) in [6.07, 6.45) is 12.7. The highest BCUT2D eigenvalue weighted by Gasteiger charge is 2.30. The van der Waals surface area contributed by atoms with Crippen LogP contribution in [0.5, 0.6) is 5.75 Å². The van der Waals surface area contributed by atoms with E-state index in [1.165, 1.54) is 0 Å². The number of rotatable bonds is 11. The Morgan fingerprint density at radius 3 is 2.67 bits per heavy atom. The van der Waals surface area contributed by atoms with Gasteiger partial charge in [0.05, 0.1) is 5.56 Å². The maximum Gasteiger partial charge on any atom is 0.339 e. The summed E-state index contributed by atoms with van der Waals surface area (Å²) in [5, 5.41) is 10.6. The summed E-state index contributed by atoms with van der Waals surface area (Å²) in [5.41, 5.74) is 4.00. The van der Waals surface area contributed by atoms with Crippen molar-refractivity contribution in [3.8, 4) is 5.75 Å². The second-order valence-electron chi connectivity index (χ2n) is 8.13. The Morgan fingerprint density at radius 1 is 1.40 bits per heavy atom. The van der Waals surface area contributed by atoms with E-state index >= 15 is 0 Å². The molecule has 4 nitrogen and oxygen atoms in total. The molecule has 0 spiro atoms. The lowest BCUT2D eigenvalue weighted by Crippen LogP contribution is -2.23. The molecule has 1 unspecified atom stereocenters. The first-order valence-corrected chi connectivity index (χ1v) is 11.3. The molecule has 1 aliphatic rings. The van der Waals surface area contributed by atoms with Crippen molar-refractivity contribution in [1.29, 1.82) is 0 Å². The summed E-state index contributed by atoms with van der Waals surface area (Å²) in [6.45, 7) is 9.84. The molecule has 1 aromatic rings. The van der Waals surface area contributed by atoms with Gasteiger partial charge in [0.2, 0.25) is 0 Å². The zero-order valence-corrected chi connectivity index (χ0v) is 19.0. The minimum Gasteiger partial charge on any atom is -0.508 e. The molecule has 1 N–H and O–H groups in total. The van der Waals surface area contributed by atoms with Crippen LogP contribution in [0.25, 0.3) is 0 Å². The van der Waals surface area contributed by atoms with Crippen molar-refractivity contribution in [1.82, 2.24) is 0 Å². The lowest BCUT2D eigenvalue weighted by Gasteiger charge is -2.30. The summed E-state index contributed by atoms with van der Waals surface area (Å²) in [6, 6.07) is 1.78. The minimum absolute atomic E-state index is 0.171. The molecule has 1 aromatic carbocycles. The van der Waals surface area contributed by atoms with Gasteiger partial charge in [0, 0.05) is 25.6 Å². The quantitative estimate of drug-likeness (QED) is 0.259. The van der Waals surface area contributed by atoms with E-state index in [9.17, 15) is 9.90 Å². The highest BCUT2D eigenvalue weighted by Crippen LogP contribution is 2.42. The van der Waals surface area contributed by atoms with Crippen LogP contribution < -0.4 is 0 Å². The van der Waals surface area contributed by atoms with Gasteiger partial charge >= 0.3 is 5.97 Å². The van der Waals surface area contributed by atoms with Gasteiger partial charge in [-0.05, 0) is 67.4 Å². The van der Waals surface area contributed by atoms with Crippen LogP contribution in [0.4, 0.5) is 0 Å². The van der Waals surface area contributed by atoms with Crippen LogP contribution in [0.15, 0.2) is 35.9 Å². The molecule has 0 saturated heterocycles. The van der Waals surface area contributed by atoms with Gasteiger partial charge in [0.25, 0.3) is 0 Å². The zero-order valence-electron chi connectivity index (χ0n) is 19.0. The summed E-state index contributed by atoms with van der Waals surface area (Å²) in [5.74, 6) is 0.259. The number of esters is 1. The standard InChI is InChI=1S/C26H37NO3/c1-6-9-15-20(27-5)16-22-18(4)24(28)17-23(19-13-10-14-19)25(22)26(29)30-21(11-7-2)12-8-3/h7,9,15,17,19,21,28H,2,6,8,10-14,16H2,1,3-5H3/b15-9+,27-20?. The summed E-state index contributed by atoms with van der Waals surface area (Å²) in [7, 11) is 1.76. The summed E-state index contributed by atoms with van der Waals surface area (Å²) in [4.78, 5) is 17.8. The fourth-order valence-electron chi connectivity index (χ4n) is 3.94. The van der Waals surface area contributed by atoms with E-state index in [4.69, 9.17) is 4.74 Å². The third-order valence-electron chi connectivity index (χ3n) is 5.97. The molecule has 0 radical (unpaired) electrons. The third kappa shape index (κ3) is 5.84. The molecule has 0 aliphatic heterocycles. The normalized spacial score (nSPS) is 15.8. The fraction of sp³-hybridized carbons (Fsp3) is 0.538. The van der Waals surface area contributed by atoms with Crippen LogP contribution in [0, 0.1) is 6.92 Å². The summed E-state index contributed by atoms with van der Waals surface area (Å²) < 4.78 is 5.96. The van der Waals surface area contributed by atoms with Crippen LogP contribution in [0.2, 0.25) is 0 Å². The number of benzene rings is 1. The van der Waals surface area contributed by atoms with Gasteiger partial charge in [-0.1, -0.05) is 38.8 Å². The SMILES string of the molecule is C=CCC(CCC)OC(=O)c1c(C2CCC2)cc(O)c(C)c1CC(/C=C/CC)=NC. The number of phenolic OH excluding ortho intramolecular Hbond substituents is 1. The highest BCUT2D eigenvalue weighted by atomic mass is 16.5. The van der Waals surface area contributed by atoms with E-state index < -0.39 is 0 Å². The van der Waals surface area contributed by atoms with Crippen molar-refractivity contribution >= 4 is 11.7 Å². The number of hydrogen-bond acceptors (Lipinski definition) is 4. The van der Waals surface area contributed by atoms with Crippen LogP contribution in [0.1, 0.15) is 91.8 Å². The molecule has 0 bridgehead atoms. The molecular formula is C26H37NO3. The van der Waals surface area contributed by atoms with Gasteiger partial charge in [-0.3, -0.25) is 4.99 Å². The van der Waals surface area contributed by atoms with Crippen molar-refractivity contribution in [3.05, 3.63) is 53.1 Å². The Hall–Kier alpha value is -2.36. The second-order valence-corrected chi connectivity index (χ2v) is 8.13. The number of nitrogens with zero attached hydrogens (tertiary/aromatic N) is 1. The van der Waals surface area contributed by atoms with Gasteiger partial charge in [-0.2, -0.15) is 0 Å². The predicted molar refractivity (Wildman–Crippen MR) is 125 cm³/mol. The lowest BCUT2D eigenvalue weighted by atomic mass is 9.76. The van der Waals surface area contributed by atoms with Crippen LogP contribution in [-0.2, 0) is 11.2 Å². The van der Waals surface area contributed by atoms with E-state index in [1.807, 2.05) is 13.0 Å². The molecule has 2 rings (SSSR count). The maximum atomic E-state index is 13.4. The van der Waals surface area contributed by atoms with Gasteiger partial charge < -0.3 is 9.84 Å². The number of phenols is 1. The van der Waals surface area contributed by atoms with Gasteiger partial charge in [-0.15, -0.1) is 6.58 Å². The summed E-state index contributed by atoms with van der Waals surface area (Å²) >= 11 is 0. The number of allylic oxidation sites excluding steroid dienone is 2. The van der Waals surface area contributed by atoms with Crippen molar-refractivity contribution < 1.29 is 14.6 Å². The molecule has 164 valence electrons. The Labute approximate surface area is 181 Å². The number of aromatic hydroxyl groups is 1. The number of carbonyl (C=O) groups is 1. The van der Waals surface area contributed by atoms with E-state index in [1.54, 1.807) is 19.2 Å². The maximum absolute atomic E-state index is 13.4. The number of ether oxygens (including phenoxy) is 1. The van der Waals surface area contributed by atoms with Gasteiger partial charge in [0.1, 0.15) is 11.9 Å². The highest BCUT2D eigenvalue weighted by molar-refractivity contribution is 6.00. The molecule has 1 atom stereocenters. The Bertz CT molecular complexity index is 803.